The molecule has 8 nitrogen and oxygen atoms in total. The van der Waals surface area contributed by atoms with E-state index in [2.05, 4.69) is 19.9 Å². The Hall–Kier alpha value is -3.21. The third-order valence-corrected chi connectivity index (χ3v) is 5.39. The number of aromatic nitrogens is 3. The minimum Gasteiger partial charge on any atom is -0.465 e. The molecule has 11 heteroatoms. The number of thioether (sulfide) groups is 1. The molecule has 0 aliphatic carbocycles. The first-order chi connectivity index (χ1) is 14.7. The number of alkyl halides is 2. The fourth-order valence-corrected chi connectivity index (χ4v) is 3.71. The van der Waals surface area contributed by atoms with Gasteiger partial charge >= 0.3 is 12.6 Å². The van der Waals surface area contributed by atoms with Crippen LogP contribution in [0.3, 0.4) is 0 Å². The minimum absolute atomic E-state index is 0.00928. The van der Waals surface area contributed by atoms with Gasteiger partial charge in [0.15, 0.2) is 5.78 Å². The van der Waals surface area contributed by atoms with Gasteiger partial charge in [-0.2, -0.15) is 8.78 Å². The van der Waals surface area contributed by atoms with E-state index >= 15 is 0 Å². The summed E-state index contributed by atoms with van der Waals surface area (Å²) in [6.45, 7) is 2.13. The molecular weight excluding hydrogens is 432 g/mol. The lowest BCUT2D eigenvalue weighted by molar-refractivity contribution is -0.0498. The molecule has 3 aromatic rings. The van der Waals surface area contributed by atoms with Crippen molar-refractivity contribution in [1.29, 1.82) is 0 Å². The SMILES string of the molecule is COC(=O)c1c(C)[nH]c(C(=O)C(C)Sc2nnc(-c3ccc(OC(F)F)cc3)o2)c1C. The molecule has 0 amide bonds. The topological polar surface area (TPSA) is 107 Å². The number of carbonyl (C=O) groups excluding carboxylic acids is 2. The van der Waals surface area contributed by atoms with Crippen molar-refractivity contribution in [2.75, 3.05) is 7.11 Å². The first-order valence-electron chi connectivity index (χ1n) is 9.08. The van der Waals surface area contributed by atoms with E-state index in [4.69, 9.17) is 9.15 Å². The minimum atomic E-state index is -2.91. The fourth-order valence-electron chi connectivity index (χ4n) is 2.97. The molecule has 0 saturated carbocycles. The lowest BCUT2D eigenvalue weighted by atomic mass is 10.1. The van der Waals surface area contributed by atoms with E-state index in [1.807, 2.05) is 0 Å². The van der Waals surface area contributed by atoms with Crippen molar-refractivity contribution in [2.45, 2.75) is 37.9 Å². The summed E-state index contributed by atoms with van der Waals surface area (Å²) in [6.07, 6.45) is 0. The molecule has 0 aliphatic rings. The number of methoxy groups -OCH3 is 1. The van der Waals surface area contributed by atoms with Gasteiger partial charge in [0.25, 0.3) is 5.22 Å². The Morgan fingerprint density at radius 2 is 1.84 bits per heavy atom. The van der Waals surface area contributed by atoms with E-state index < -0.39 is 17.8 Å². The molecule has 3 rings (SSSR count). The molecule has 0 aliphatic heterocycles. The van der Waals surface area contributed by atoms with E-state index in [0.717, 1.165) is 11.8 Å². The second kappa shape index (κ2) is 9.29. The third kappa shape index (κ3) is 4.93. The Balaban J connectivity index is 1.72. The van der Waals surface area contributed by atoms with Crippen LogP contribution in [0, 0.1) is 13.8 Å². The zero-order valence-electron chi connectivity index (χ0n) is 17.1. The Bertz CT molecular complexity index is 1090. The number of rotatable bonds is 8. The van der Waals surface area contributed by atoms with E-state index in [-0.39, 0.29) is 22.6 Å². The van der Waals surface area contributed by atoms with Crippen LogP contribution < -0.4 is 4.74 Å². The number of Topliss-reactive ketones (excluding diaryl/α,β-unsaturated/α-hetero) is 1. The summed E-state index contributed by atoms with van der Waals surface area (Å²) in [7, 11) is 1.28. The highest BCUT2D eigenvalue weighted by Crippen LogP contribution is 2.30. The second-order valence-electron chi connectivity index (χ2n) is 6.52. The smallest absolute Gasteiger partial charge is 0.387 e. The molecule has 1 atom stereocenters. The summed E-state index contributed by atoms with van der Waals surface area (Å²) in [6, 6.07) is 5.74. The normalized spacial score (nSPS) is 12.1. The molecule has 2 heterocycles. The summed E-state index contributed by atoms with van der Waals surface area (Å²) in [5.74, 6) is -0.577. The van der Waals surface area contributed by atoms with Gasteiger partial charge in [0, 0.05) is 11.3 Å². The Morgan fingerprint density at radius 3 is 2.45 bits per heavy atom. The van der Waals surface area contributed by atoms with Crippen molar-refractivity contribution in [2.24, 2.45) is 0 Å². The van der Waals surface area contributed by atoms with Crippen LogP contribution in [-0.2, 0) is 4.74 Å². The van der Waals surface area contributed by atoms with E-state index in [0.29, 0.717) is 28.1 Å². The second-order valence-corrected chi connectivity index (χ2v) is 7.81. The number of ether oxygens (including phenoxy) is 2. The summed E-state index contributed by atoms with van der Waals surface area (Å²) < 4.78 is 39.1. The van der Waals surface area contributed by atoms with Crippen molar-refractivity contribution >= 4 is 23.5 Å². The number of halogens is 2. The fraction of sp³-hybridized carbons (Fsp3) is 0.300. The van der Waals surface area contributed by atoms with Crippen LogP contribution in [0.2, 0.25) is 0 Å². The predicted molar refractivity (Wildman–Crippen MR) is 108 cm³/mol. The van der Waals surface area contributed by atoms with Gasteiger partial charge in [-0.15, -0.1) is 10.2 Å². The number of nitrogens with one attached hydrogen (secondary N) is 1. The van der Waals surface area contributed by atoms with Gasteiger partial charge in [0.1, 0.15) is 5.75 Å². The molecule has 0 radical (unpaired) electrons. The summed E-state index contributed by atoms with van der Waals surface area (Å²) in [5.41, 5.74) is 2.22. The maximum absolute atomic E-state index is 12.9. The summed E-state index contributed by atoms with van der Waals surface area (Å²) in [4.78, 5) is 27.8. The Labute approximate surface area is 180 Å². The first-order valence-corrected chi connectivity index (χ1v) is 9.96. The van der Waals surface area contributed by atoms with Gasteiger partial charge in [-0.25, -0.2) is 4.79 Å². The number of esters is 1. The van der Waals surface area contributed by atoms with E-state index in [1.165, 1.54) is 31.4 Å². The zero-order valence-corrected chi connectivity index (χ0v) is 17.9. The average Bonchev–Trinajstić information content (AvgIpc) is 3.31. The molecule has 0 fully saturated rings. The van der Waals surface area contributed by atoms with Crippen LogP contribution in [0.25, 0.3) is 11.5 Å². The van der Waals surface area contributed by atoms with Crippen LogP contribution in [0.1, 0.15) is 39.0 Å². The lowest BCUT2D eigenvalue weighted by Gasteiger charge is -2.07. The number of hydrogen-bond acceptors (Lipinski definition) is 8. The van der Waals surface area contributed by atoms with Crippen molar-refractivity contribution in [3.8, 4) is 17.2 Å². The van der Waals surface area contributed by atoms with Crippen LogP contribution in [0.15, 0.2) is 33.9 Å². The average molecular weight is 451 g/mol. The molecule has 0 spiro atoms. The van der Waals surface area contributed by atoms with Gasteiger partial charge in [0.2, 0.25) is 5.89 Å². The molecule has 1 unspecified atom stereocenters. The number of aryl methyl sites for hydroxylation is 1. The number of carbonyl (C=O) groups is 2. The quantitative estimate of drug-likeness (QED) is 0.304. The first kappa shape index (κ1) is 22.5. The van der Waals surface area contributed by atoms with Crippen molar-refractivity contribution in [3.05, 3.63) is 46.8 Å². The van der Waals surface area contributed by atoms with Gasteiger partial charge in [-0.3, -0.25) is 4.79 Å². The van der Waals surface area contributed by atoms with Gasteiger partial charge in [-0.1, -0.05) is 11.8 Å². The van der Waals surface area contributed by atoms with Gasteiger partial charge < -0.3 is 18.9 Å². The number of H-pyrrole nitrogens is 1. The number of hydrogen-bond donors (Lipinski definition) is 1. The molecule has 1 N–H and O–H groups in total. The number of nitrogens with zero attached hydrogens (tertiary/aromatic N) is 2. The molecule has 164 valence electrons. The maximum Gasteiger partial charge on any atom is 0.387 e. The number of benzene rings is 1. The monoisotopic (exact) mass is 451 g/mol. The predicted octanol–water partition coefficient (Wildman–Crippen LogP) is 4.43. The molecule has 1 aromatic carbocycles. The summed E-state index contributed by atoms with van der Waals surface area (Å²) in [5, 5.41) is 7.43. The highest BCUT2D eigenvalue weighted by molar-refractivity contribution is 8.00. The summed E-state index contributed by atoms with van der Waals surface area (Å²) >= 11 is 1.06. The lowest BCUT2D eigenvalue weighted by Crippen LogP contribution is -2.15. The van der Waals surface area contributed by atoms with Crippen LogP contribution >= 0.6 is 11.8 Å². The van der Waals surface area contributed by atoms with E-state index in [9.17, 15) is 18.4 Å². The van der Waals surface area contributed by atoms with E-state index in [1.54, 1.807) is 20.8 Å². The highest BCUT2D eigenvalue weighted by Gasteiger charge is 2.27. The zero-order chi connectivity index (χ0) is 22.7. The van der Waals surface area contributed by atoms with Crippen molar-refractivity contribution in [1.82, 2.24) is 15.2 Å². The molecule has 31 heavy (non-hydrogen) atoms. The van der Waals surface area contributed by atoms with Crippen LogP contribution in [-0.4, -0.2) is 45.9 Å². The number of aromatic amines is 1. The van der Waals surface area contributed by atoms with Crippen LogP contribution in [0.4, 0.5) is 8.78 Å². The van der Waals surface area contributed by atoms with Crippen molar-refractivity contribution < 1.29 is 32.3 Å². The van der Waals surface area contributed by atoms with Crippen molar-refractivity contribution in [3.63, 3.8) is 0 Å². The third-order valence-electron chi connectivity index (χ3n) is 4.45. The molecule has 0 bridgehead atoms. The standard InChI is InChI=1S/C20H19F2N3O5S/c1-9-14(18(27)28-4)10(2)23-15(9)16(26)11(3)31-20-25-24-17(30-20)12-5-7-13(8-6-12)29-19(21)22/h5-8,11,19,23H,1-4H3. The molecule has 2 aromatic heterocycles. The Morgan fingerprint density at radius 1 is 1.16 bits per heavy atom. The Kier molecular flexibility index (Phi) is 6.74. The van der Waals surface area contributed by atoms with Crippen LogP contribution in [0.5, 0.6) is 5.75 Å². The highest BCUT2D eigenvalue weighted by atomic mass is 32.2. The van der Waals surface area contributed by atoms with Gasteiger partial charge in [0.05, 0.1) is 23.6 Å². The molecule has 0 saturated heterocycles. The van der Waals surface area contributed by atoms with Gasteiger partial charge in [-0.05, 0) is 50.6 Å². The maximum atomic E-state index is 12.9. The number of ketones is 1. The molecular formula is C20H19F2N3O5S. The largest absolute Gasteiger partial charge is 0.465 e.